The smallest absolute Gasteiger partial charge is 0.123 e. The van der Waals surface area contributed by atoms with Crippen molar-refractivity contribution in [3.8, 4) is 16.9 Å². The average Bonchev–Trinajstić information content (AvgIpc) is 2.33. The van der Waals surface area contributed by atoms with Crippen molar-refractivity contribution in [2.24, 2.45) is 0 Å². The van der Waals surface area contributed by atoms with Crippen LogP contribution in [0.25, 0.3) is 11.1 Å². The van der Waals surface area contributed by atoms with E-state index >= 15 is 0 Å². The van der Waals surface area contributed by atoms with Gasteiger partial charge in [0.15, 0.2) is 0 Å². The second-order valence-electron chi connectivity index (χ2n) is 4.14. The van der Waals surface area contributed by atoms with Crippen LogP contribution < -0.4 is 4.74 Å². The van der Waals surface area contributed by atoms with E-state index < -0.39 is 0 Å². The Hall–Kier alpha value is -1.83. The van der Waals surface area contributed by atoms with E-state index in [0.717, 1.165) is 28.0 Å². The van der Waals surface area contributed by atoms with Gasteiger partial charge in [-0.3, -0.25) is 0 Å². The topological polar surface area (TPSA) is 9.23 Å². The summed E-state index contributed by atoms with van der Waals surface area (Å²) >= 11 is 0. The SMILES string of the molecule is COc1cc(C)c(-c2ccc(F)cc2)cc1C. The number of rotatable bonds is 2. The summed E-state index contributed by atoms with van der Waals surface area (Å²) in [5.74, 6) is 0.671. The minimum Gasteiger partial charge on any atom is -0.496 e. The molecule has 0 fully saturated rings. The molecule has 0 bridgehead atoms. The highest BCUT2D eigenvalue weighted by Crippen LogP contribution is 2.29. The van der Waals surface area contributed by atoms with E-state index in [4.69, 9.17) is 4.74 Å². The molecule has 0 spiro atoms. The highest BCUT2D eigenvalue weighted by atomic mass is 19.1. The standard InChI is InChI=1S/C15H15FO/c1-10-9-15(17-3)11(2)8-14(10)12-4-6-13(16)7-5-12/h4-9H,1-3H3. The van der Waals surface area contributed by atoms with Crippen molar-refractivity contribution in [1.29, 1.82) is 0 Å². The molecule has 0 heterocycles. The molecule has 2 heteroatoms. The molecule has 0 radical (unpaired) electrons. The van der Waals surface area contributed by atoms with Gasteiger partial charge in [0.1, 0.15) is 11.6 Å². The Balaban J connectivity index is 2.52. The molecule has 2 aromatic carbocycles. The van der Waals surface area contributed by atoms with Crippen LogP contribution in [0, 0.1) is 19.7 Å². The number of halogens is 1. The van der Waals surface area contributed by atoms with Crippen molar-refractivity contribution in [3.05, 3.63) is 53.3 Å². The van der Waals surface area contributed by atoms with Crippen molar-refractivity contribution < 1.29 is 9.13 Å². The molecule has 0 N–H and O–H groups in total. The van der Waals surface area contributed by atoms with E-state index in [1.54, 1.807) is 19.2 Å². The van der Waals surface area contributed by atoms with Gasteiger partial charge in [-0.1, -0.05) is 12.1 Å². The third-order valence-corrected chi connectivity index (χ3v) is 2.90. The molecule has 17 heavy (non-hydrogen) atoms. The fraction of sp³-hybridized carbons (Fsp3) is 0.200. The number of hydrogen-bond acceptors (Lipinski definition) is 1. The van der Waals surface area contributed by atoms with Gasteiger partial charge < -0.3 is 4.74 Å². The first-order valence-corrected chi connectivity index (χ1v) is 5.53. The lowest BCUT2D eigenvalue weighted by atomic mass is 9.98. The van der Waals surface area contributed by atoms with Crippen LogP contribution in [0.2, 0.25) is 0 Å². The third-order valence-electron chi connectivity index (χ3n) is 2.90. The largest absolute Gasteiger partial charge is 0.496 e. The molecule has 2 aromatic rings. The summed E-state index contributed by atoms with van der Waals surface area (Å²) < 4.78 is 18.2. The molecular formula is C15H15FO. The summed E-state index contributed by atoms with van der Waals surface area (Å²) in [6.07, 6.45) is 0. The normalized spacial score (nSPS) is 10.4. The first-order chi connectivity index (χ1) is 8.11. The van der Waals surface area contributed by atoms with E-state index in [2.05, 4.69) is 6.07 Å². The van der Waals surface area contributed by atoms with Crippen LogP contribution in [0.4, 0.5) is 4.39 Å². The van der Waals surface area contributed by atoms with Crippen molar-refractivity contribution in [2.45, 2.75) is 13.8 Å². The molecular weight excluding hydrogens is 215 g/mol. The first kappa shape index (κ1) is 11.6. The van der Waals surface area contributed by atoms with Gasteiger partial charge in [-0.25, -0.2) is 4.39 Å². The number of hydrogen-bond donors (Lipinski definition) is 0. The van der Waals surface area contributed by atoms with Crippen LogP contribution >= 0.6 is 0 Å². The first-order valence-electron chi connectivity index (χ1n) is 5.53. The number of aryl methyl sites for hydroxylation is 2. The van der Waals surface area contributed by atoms with Crippen LogP contribution in [0.15, 0.2) is 36.4 Å². The van der Waals surface area contributed by atoms with Gasteiger partial charge in [0, 0.05) is 0 Å². The average molecular weight is 230 g/mol. The molecule has 88 valence electrons. The van der Waals surface area contributed by atoms with Crippen LogP contribution in [0.5, 0.6) is 5.75 Å². The minimum absolute atomic E-state index is 0.211. The molecule has 2 rings (SSSR count). The number of methoxy groups -OCH3 is 1. The van der Waals surface area contributed by atoms with Gasteiger partial charge in [0.2, 0.25) is 0 Å². The minimum atomic E-state index is -0.211. The van der Waals surface area contributed by atoms with Crippen molar-refractivity contribution >= 4 is 0 Å². The molecule has 0 amide bonds. The summed E-state index contributed by atoms with van der Waals surface area (Å²) in [6, 6.07) is 10.6. The molecule has 0 aliphatic heterocycles. The van der Waals surface area contributed by atoms with E-state index in [-0.39, 0.29) is 5.82 Å². The van der Waals surface area contributed by atoms with Gasteiger partial charge in [-0.05, 0) is 60.4 Å². The van der Waals surface area contributed by atoms with Crippen molar-refractivity contribution in [2.75, 3.05) is 7.11 Å². The fourth-order valence-corrected chi connectivity index (χ4v) is 1.95. The van der Waals surface area contributed by atoms with Crippen LogP contribution in [-0.2, 0) is 0 Å². The van der Waals surface area contributed by atoms with Gasteiger partial charge in [-0.15, -0.1) is 0 Å². The zero-order valence-corrected chi connectivity index (χ0v) is 10.3. The lowest BCUT2D eigenvalue weighted by Crippen LogP contribution is -1.91. The molecule has 0 atom stereocenters. The van der Waals surface area contributed by atoms with Gasteiger partial charge in [0.25, 0.3) is 0 Å². The Morgan fingerprint density at radius 2 is 1.59 bits per heavy atom. The van der Waals surface area contributed by atoms with E-state index in [9.17, 15) is 4.39 Å². The van der Waals surface area contributed by atoms with Crippen LogP contribution in [0.3, 0.4) is 0 Å². The van der Waals surface area contributed by atoms with E-state index in [0.29, 0.717) is 0 Å². The molecule has 0 saturated carbocycles. The number of benzene rings is 2. The van der Waals surface area contributed by atoms with E-state index in [1.807, 2.05) is 19.9 Å². The zero-order valence-electron chi connectivity index (χ0n) is 10.3. The predicted octanol–water partition coefficient (Wildman–Crippen LogP) is 4.12. The maximum atomic E-state index is 12.9. The van der Waals surface area contributed by atoms with Crippen LogP contribution in [0.1, 0.15) is 11.1 Å². The monoisotopic (exact) mass is 230 g/mol. The number of ether oxygens (including phenoxy) is 1. The quantitative estimate of drug-likeness (QED) is 0.754. The van der Waals surface area contributed by atoms with Gasteiger partial charge in [-0.2, -0.15) is 0 Å². The predicted molar refractivity (Wildman–Crippen MR) is 67.9 cm³/mol. The van der Waals surface area contributed by atoms with E-state index in [1.165, 1.54) is 12.1 Å². The zero-order chi connectivity index (χ0) is 12.4. The second-order valence-corrected chi connectivity index (χ2v) is 4.14. The Bertz CT molecular complexity index is 529. The molecule has 0 saturated heterocycles. The Morgan fingerprint density at radius 3 is 2.18 bits per heavy atom. The second kappa shape index (κ2) is 4.58. The Labute approximate surface area is 101 Å². The fourth-order valence-electron chi connectivity index (χ4n) is 1.95. The molecule has 1 nitrogen and oxygen atoms in total. The highest BCUT2D eigenvalue weighted by molar-refractivity contribution is 5.69. The van der Waals surface area contributed by atoms with Gasteiger partial charge >= 0.3 is 0 Å². The third kappa shape index (κ3) is 2.31. The Kier molecular flexibility index (Phi) is 3.14. The molecule has 0 aliphatic carbocycles. The lowest BCUT2D eigenvalue weighted by Gasteiger charge is -2.11. The highest BCUT2D eigenvalue weighted by Gasteiger charge is 2.06. The molecule has 0 aliphatic rings. The summed E-state index contributed by atoms with van der Waals surface area (Å²) in [5, 5.41) is 0. The summed E-state index contributed by atoms with van der Waals surface area (Å²) in [4.78, 5) is 0. The maximum Gasteiger partial charge on any atom is 0.123 e. The molecule has 0 unspecified atom stereocenters. The summed E-state index contributed by atoms with van der Waals surface area (Å²) in [7, 11) is 1.67. The molecule has 0 aromatic heterocycles. The summed E-state index contributed by atoms with van der Waals surface area (Å²) in [5.41, 5.74) is 4.34. The summed E-state index contributed by atoms with van der Waals surface area (Å²) in [6.45, 7) is 4.03. The van der Waals surface area contributed by atoms with Crippen LogP contribution in [-0.4, -0.2) is 7.11 Å². The van der Waals surface area contributed by atoms with Crippen molar-refractivity contribution in [3.63, 3.8) is 0 Å². The maximum absolute atomic E-state index is 12.9. The van der Waals surface area contributed by atoms with Crippen molar-refractivity contribution in [1.82, 2.24) is 0 Å². The van der Waals surface area contributed by atoms with Gasteiger partial charge in [0.05, 0.1) is 7.11 Å². The lowest BCUT2D eigenvalue weighted by molar-refractivity contribution is 0.411. The Morgan fingerprint density at radius 1 is 0.941 bits per heavy atom.